The van der Waals surface area contributed by atoms with E-state index in [4.69, 9.17) is 4.74 Å². The highest BCUT2D eigenvalue weighted by atomic mass is 16.6. The molecule has 3 aromatic rings. The SMILES string of the molecule is O=C(N[C@H](Cc1cccc(OCc2ccccc2)c1)C(=O)O)c1cccc([N+](=O)[O-])c1. The molecule has 8 nitrogen and oxygen atoms in total. The first-order valence-electron chi connectivity index (χ1n) is 9.46. The minimum Gasteiger partial charge on any atom is -0.489 e. The van der Waals surface area contributed by atoms with Crippen LogP contribution >= 0.6 is 0 Å². The highest BCUT2D eigenvalue weighted by Crippen LogP contribution is 2.17. The van der Waals surface area contributed by atoms with Gasteiger partial charge in [0.1, 0.15) is 18.4 Å². The van der Waals surface area contributed by atoms with Crippen molar-refractivity contribution < 1.29 is 24.4 Å². The Morgan fingerprint density at radius 1 is 0.968 bits per heavy atom. The lowest BCUT2D eigenvalue weighted by molar-refractivity contribution is -0.384. The Kier molecular flexibility index (Phi) is 6.95. The van der Waals surface area contributed by atoms with Crippen molar-refractivity contribution in [1.29, 1.82) is 0 Å². The minimum atomic E-state index is -1.21. The lowest BCUT2D eigenvalue weighted by atomic mass is 10.0. The second-order valence-electron chi connectivity index (χ2n) is 6.80. The van der Waals surface area contributed by atoms with Gasteiger partial charge in [0.05, 0.1) is 4.92 Å². The van der Waals surface area contributed by atoms with Crippen LogP contribution in [-0.4, -0.2) is 27.9 Å². The summed E-state index contributed by atoms with van der Waals surface area (Å²) < 4.78 is 5.76. The summed E-state index contributed by atoms with van der Waals surface area (Å²) in [5.74, 6) is -1.34. The largest absolute Gasteiger partial charge is 0.489 e. The van der Waals surface area contributed by atoms with Crippen molar-refractivity contribution in [3.05, 3.63) is 106 Å². The summed E-state index contributed by atoms with van der Waals surface area (Å²) in [5.41, 5.74) is 1.43. The Labute approximate surface area is 178 Å². The smallest absolute Gasteiger partial charge is 0.326 e. The van der Waals surface area contributed by atoms with Crippen molar-refractivity contribution in [3.8, 4) is 5.75 Å². The molecule has 1 atom stereocenters. The van der Waals surface area contributed by atoms with Crippen molar-refractivity contribution in [2.24, 2.45) is 0 Å². The summed E-state index contributed by atoms with van der Waals surface area (Å²) in [4.78, 5) is 34.4. The van der Waals surface area contributed by atoms with Crippen LogP contribution in [0, 0.1) is 10.1 Å². The van der Waals surface area contributed by atoms with Crippen LogP contribution in [-0.2, 0) is 17.8 Å². The number of non-ortho nitro benzene ring substituents is 1. The number of rotatable bonds is 9. The third-order valence-electron chi connectivity index (χ3n) is 4.51. The molecule has 31 heavy (non-hydrogen) atoms. The van der Waals surface area contributed by atoms with Crippen molar-refractivity contribution in [2.45, 2.75) is 19.1 Å². The summed E-state index contributed by atoms with van der Waals surface area (Å²) in [7, 11) is 0. The monoisotopic (exact) mass is 420 g/mol. The molecule has 0 spiro atoms. The molecular formula is C23H20N2O6. The molecule has 0 fully saturated rings. The van der Waals surface area contributed by atoms with Crippen LogP contribution in [0.25, 0.3) is 0 Å². The molecule has 0 aliphatic rings. The Hall–Kier alpha value is -4.20. The van der Waals surface area contributed by atoms with Crippen LogP contribution in [0.3, 0.4) is 0 Å². The Morgan fingerprint density at radius 3 is 2.39 bits per heavy atom. The molecule has 0 bridgehead atoms. The number of nitrogens with one attached hydrogen (secondary N) is 1. The van der Waals surface area contributed by atoms with E-state index < -0.39 is 22.8 Å². The van der Waals surface area contributed by atoms with Gasteiger partial charge in [-0.05, 0) is 29.3 Å². The molecule has 0 saturated carbocycles. The molecule has 158 valence electrons. The number of carbonyl (C=O) groups is 2. The number of benzene rings is 3. The summed E-state index contributed by atoms with van der Waals surface area (Å²) in [6.45, 7) is 0.371. The Bertz CT molecular complexity index is 1080. The topological polar surface area (TPSA) is 119 Å². The molecule has 0 aliphatic carbocycles. The average molecular weight is 420 g/mol. The van der Waals surface area contributed by atoms with Gasteiger partial charge < -0.3 is 15.2 Å². The Morgan fingerprint density at radius 2 is 1.68 bits per heavy atom. The maximum absolute atomic E-state index is 12.4. The number of ether oxygens (including phenoxy) is 1. The number of carboxylic acid groups (broad SMARTS) is 1. The number of amides is 1. The zero-order valence-corrected chi connectivity index (χ0v) is 16.4. The number of aliphatic carboxylic acids is 1. The van der Waals surface area contributed by atoms with Gasteiger partial charge in [0, 0.05) is 24.1 Å². The lowest BCUT2D eigenvalue weighted by Crippen LogP contribution is -2.42. The normalized spacial score (nSPS) is 11.4. The van der Waals surface area contributed by atoms with Gasteiger partial charge in [0.15, 0.2) is 0 Å². The highest BCUT2D eigenvalue weighted by molar-refractivity contribution is 5.97. The van der Waals surface area contributed by atoms with E-state index in [-0.39, 0.29) is 17.7 Å². The summed E-state index contributed by atoms with van der Waals surface area (Å²) in [6, 6.07) is 20.5. The quantitative estimate of drug-likeness (QED) is 0.403. The van der Waals surface area contributed by atoms with Gasteiger partial charge in [-0.15, -0.1) is 0 Å². The van der Waals surface area contributed by atoms with Crippen LogP contribution in [0.5, 0.6) is 5.75 Å². The van der Waals surface area contributed by atoms with E-state index in [0.29, 0.717) is 17.9 Å². The number of hydrogen-bond acceptors (Lipinski definition) is 5. The van der Waals surface area contributed by atoms with Gasteiger partial charge in [-0.1, -0.05) is 48.5 Å². The first kappa shape index (κ1) is 21.5. The number of carboxylic acids is 1. The number of carbonyl (C=O) groups excluding carboxylic acids is 1. The molecule has 8 heteroatoms. The Balaban J connectivity index is 1.67. The third-order valence-corrected chi connectivity index (χ3v) is 4.51. The fourth-order valence-corrected chi connectivity index (χ4v) is 2.94. The number of nitro groups is 1. The third kappa shape index (κ3) is 6.14. The number of hydrogen-bond donors (Lipinski definition) is 2. The second-order valence-corrected chi connectivity index (χ2v) is 6.80. The van der Waals surface area contributed by atoms with Crippen LogP contribution in [0.1, 0.15) is 21.5 Å². The fourth-order valence-electron chi connectivity index (χ4n) is 2.94. The summed E-state index contributed by atoms with van der Waals surface area (Å²) >= 11 is 0. The first-order valence-corrected chi connectivity index (χ1v) is 9.46. The average Bonchev–Trinajstić information content (AvgIpc) is 2.78. The van der Waals surface area contributed by atoms with Crippen molar-refractivity contribution >= 4 is 17.6 Å². The zero-order valence-electron chi connectivity index (χ0n) is 16.4. The predicted molar refractivity (Wildman–Crippen MR) is 113 cm³/mol. The van der Waals surface area contributed by atoms with Gasteiger partial charge in [0.2, 0.25) is 0 Å². The van der Waals surface area contributed by atoms with E-state index in [0.717, 1.165) is 11.6 Å². The molecular weight excluding hydrogens is 400 g/mol. The van der Waals surface area contributed by atoms with Crippen LogP contribution in [0.15, 0.2) is 78.9 Å². The first-order chi connectivity index (χ1) is 14.9. The standard InChI is InChI=1S/C23H20N2O6/c26-22(18-9-5-10-19(14-18)25(29)30)24-21(23(27)28)13-17-8-4-11-20(12-17)31-15-16-6-2-1-3-7-16/h1-12,14,21H,13,15H2,(H,24,26)(H,27,28)/t21-/m1/s1. The maximum atomic E-state index is 12.4. The van der Waals surface area contributed by atoms with Gasteiger partial charge in [-0.25, -0.2) is 4.79 Å². The van der Waals surface area contributed by atoms with E-state index in [2.05, 4.69) is 5.32 Å². The molecule has 0 aromatic heterocycles. The van der Waals surface area contributed by atoms with E-state index in [1.165, 1.54) is 18.2 Å². The number of nitro benzene ring substituents is 1. The van der Waals surface area contributed by atoms with Gasteiger partial charge in [-0.3, -0.25) is 14.9 Å². The van der Waals surface area contributed by atoms with E-state index >= 15 is 0 Å². The molecule has 3 rings (SSSR count). The maximum Gasteiger partial charge on any atom is 0.326 e. The molecule has 0 radical (unpaired) electrons. The molecule has 2 N–H and O–H groups in total. The molecule has 3 aromatic carbocycles. The van der Waals surface area contributed by atoms with Crippen LogP contribution < -0.4 is 10.1 Å². The highest BCUT2D eigenvalue weighted by Gasteiger charge is 2.22. The van der Waals surface area contributed by atoms with E-state index in [1.54, 1.807) is 24.3 Å². The van der Waals surface area contributed by atoms with Gasteiger partial charge >= 0.3 is 5.97 Å². The predicted octanol–water partition coefficient (Wildman–Crippen LogP) is 3.60. The molecule has 0 unspecified atom stereocenters. The zero-order chi connectivity index (χ0) is 22.2. The second kappa shape index (κ2) is 10.0. The lowest BCUT2D eigenvalue weighted by Gasteiger charge is -2.15. The fraction of sp³-hybridized carbons (Fsp3) is 0.130. The molecule has 1 amide bonds. The number of nitrogens with zero attached hydrogens (tertiary/aromatic N) is 1. The van der Waals surface area contributed by atoms with Crippen molar-refractivity contribution in [1.82, 2.24) is 5.32 Å². The molecule has 0 saturated heterocycles. The minimum absolute atomic E-state index is 0.0143. The van der Waals surface area contributed by atoms with Crippen molar-refractivity contribution in [3.63, 3.8) is 0 Å². The molecule has 0 heterocycles. The van der Waals surface area contributed by atoms with E-state index in [1.807, 2.05) is 30.3 Å². The van der Waals surface area contributed by atoms with Gasteiger partial charge in [-0.2, -0.15) is 0 Å². The van der Waals surface area contributed by atoms with Crippen LogP contribution in [0.4, 0.5) is 5.69 Å². The van der Waals surface area contributed by atoms with E-state index in [9.17, 15) is 24.8 Å². The summed E-state index contributed by atoms with van der Waals surface area (Å²) in [6.07, 6.45) is 0.0263. The van der Waals surface area contributed by atoms with Gasteiger partial charge in [0.25, 0.3) is 11.6 Å². The molecule has 0 aliphatic heterocycles. The van der Waals surface area contributed by atoms with Crippen molar-refractivity contribution in [2.75, 3.05) is 0 Å². The summed E-state index contributed by atoms with van der Waals surface area (Å²) in [5, 5.41) is 22.9. The van der Waals surface area contributed by atoms with Crippen LogP contribution in [0.2, 0.25) is 0 Å².